The topological polar surface area (TPSA) is 185 Å². The molecule has 16 nitrogen and oxygen atoms in total. The van der Waals surface area contributed by atoms with Crippen molar-refractivity contribution < 1.29 is 17.7 Å². The Kier molecular flexibility index (Phi) is 14.5. The van der Waals surface area contributed by atoms with Gasteiger partial charge < -0.3 is 35.9 Å². The van der Waals surface area contributed by atoms with Gasteiger partial charge in [0.25, 0.3) is 0 Å². The molecule has 16 aromatic carbocycles. The van der Waals surface area contributed by atoms with Crippen molar-refractivity contribution in [2.45, 2.75) is 0 Å². The van der Waals surface area contributed by atoms with E-state index in [1.54, 1.807) is 36.4 Å². The van der Waals surface area contributed by atoms with Crippen molar-refractivity contribution in [3.63, 3.8) is 0 Å². The van der Waals surface area contributed by atoms with E-state index in [1.807, 2.05) is 220 Å². The standard InChI is InChI=1S/2C52H24N6O2/c1-55-38-22-19-29(25-45(38)58-41-16-8-4-14-35(41)50-43(58)24-21-33-31-12-6-10-18-47(31)60-52(33)50)48-37(28-54)36(27-53)44(26-39(48)56-2)57-40-15-7-3-13-34(40)49-42(57)23-20-32-30-11-5-9-17-46(30)59-51(32)49;1-55-37-26-43(57-39-15-7-3-11-31(39)49-41(57)19-21-47-51(49)33-13-5-9-17-45(33)59-47)30(28-54)23-36(37)35-25-44(38(56-2)24-29(35)27-53)58-40-16-8-4-12-32(40)50-42(58)20-22-48-52(50)34-14-6-10-18-46(34)60-48/h2*3-26H. The molecule has 0 atom stereocenters. The van der Waals surface area contributed by atoms with Gasteiger partial charge in [0, 0.05) is 86.5 Å². The van der Waals surface area contributed by atoms with Gasteiger partial charge in [0.1, 0.15) is 56.8 Å². The first kappa shape index (κ1) is 67.5. The van der Waals surface area contributed by atoms with E-state index in [4.69, 9.17) is 44.0 Å². The fourth-order valence-electron chi connectivity index (χ4n) is 18.8. The van der Waals surface area contributed by atoms with Gasteiger partial charge in [0.05, 0.1) is 133 Å². The van der Waals surface area contributed by atoms with Crippen LogP contribution in [0.5, 0.6) is 0 Å². The van der Waals surface area contributed by atoms with Crippen LogP contribution in [-0.2, 0) is 0 Å². The minimum absolute atomic E-state index is 0.0736. The Morgan fingerprint density at radius 2 is 0.633 bits per heavy atom. The van der Waals surface area contributed by atoms with Crippen LogP contribution >= 0.6 is 0 Å². The largest absolute Gasteiger partial charge is 0.456 e. The molecule has 8 aromatic heterocycles. The second kappa shape index (κ2) is 25.7. The lowest BCUT2D eigenvalue weighted by atomic mass is 9.92. The number of nitriles is 4. The minimum Gasteiger partial charge on any atom is -0.456 e. The molecule has 548 valence electrons. The molecule has 0 aliphatic heterocycles. The summed E-state index contributed by atoms with van der Waals surface area (Å²) in [4.78, 5) is 15.9. The van der Waals surface area contributed by atoms with Gasteiger partial charge in [-0.05, 0) is 150 Å². The van der Waals surface area contributed by atoms with Gasteiger partial charge in [-0.25, -0.2) is 19.4 Å². The molecule has 8 heterocycles. The molecule has 24 aromatic rings. The van der Waals surface area contributed by atoms with Crippen LogP contribution in [0, 0.1) is 71.6 Å². The van der Waals surface area contributed by atoms with Gasteiger partial charge in [-0.1, -0.05) is 158 Å². The highest BCUT2D eigenvalue weighted by Crippen LogP contribution is 2.52. The Labute approximate surface area is 678 Å². The number of hydrogen-bond donors (Lipinski definition) is 0. The maximum Gasteiger partial charge on any atom is 0.211 e. The van der Waals surface area contributed by atoms with Gasteiger partial charge >= 0.3 is 0 Å². The third-order valence-corrected chi connectivity index (χ3v) is 23.7. The zero-order valence-electron chi connectivity index (χ0n) is 62.7. The Morgan fingerprint density at radius 1 is 0.242 bits per heavy atom. The molecular weight excluding hydrogens is 1480 g/mol. The number of benzene rings is 16. The quantitative estimate of drug-likeness (QED) is 0.147. The first-order valence-electron chi connectivity index (χ1n) is 38.4. The van der Waals surface area contributed by atoms with E-state index in [0.717, 1.165) is 175 Å². The van der Waals surface area contributed by atoms with E-state index >= 15 is 0 Å². The lowest BCUT2D eigenvalue weighted by Crippen LogP contribution is -2.02. The highest BCUT2D eigenvalue weighted by atomic mass is 16.3. The number of fused-ring (bicyclic) bond motifs is 28. The minimum atomic E-state index is 0.0736. The highest BCUT2D eigenvalue weighted by Gasteiger charge is 2.30. The average Bonchev–Trinajstić information content (AvgIpc) is 1.56. The summed E-state index contributed by atoms with van der Waals surface area (Å²) in [5.74, 6) is 0. The average molecular weight is 1530 g/mol. The Bertz CT molecular complexity index is 9210. The lowest BCUT2D eigenvalue weighted by molar-refractivity contribution is 0.669. The molecule has 0 saturated heterocycles. The van der Waals surface area contributed by atoms with Crippen molar-refractivity contribution >= 4 is 198 Å². The Hall–Kier alpha value is -18.2. The van der Waals surface area contributed by atoms with Gasteiger partial charge in [-0.3, -0.25) is 0 Å². The van der Waals surface area contributed by atoms with E-state index in [-0.39, 0.29) is 33.8 Å². The number of furan rings is 4. The predicted octanol–water partition coefficient (Wildman–Crippen LogP) is 28.4. The first-order chi connectivity index (χ1) is 59.2. The van der Waals surface area contributed by atoms with Gasteiger partial charge in [0.15, 0.2) is 11.4 Å². The van der Waals surface area contributed by atoms with Crippen molar-refractivity contribution in [3.05, 3.63) is 359 Å². The fraction of sp³-hybridized carbons (Fsp3) is 0. The molecule has 0 N–H and O–H groups in total. The number of aromatic nitrogens is 4. The predicted molar refractivity (Wildman–Crippen MR) is 474 cm³/mol. The molecule has 0 amide bonds. The van der Waals surface area contributed by atoms with Crippen LogP contribution in [0.2, 0.25) is 0 Å². The third-order valence-electron chi connectivity index (χ3n) is 23.7. The molecule has 120 heavy (non-hydrogen) atoms. The molecule has 0 saturated carbocycles. The molecule has 16 heteroatoms. The van der Waals surface area contributed by atoms with Crippen molar-refractivity contribution in [1.29, 1.82) is 21.0 Å². The van der Waals surface area contributed by atoms with E-state index < -0.39 is 0 Å². The van der Waals surface area contributed by atoms with Crippen LogP contribution in [-0.4, -0.2) is 18.3 Å². The third kappa shape index (κ3) is 9.36. The number of rotatable bonds is 6. The smallest absolute Gasteiger partial charge is 0.211 e. The normalized spacial score (nSPS) is 11.6. The second-order valence-corrected chi connectivity index (χ2v) is 29.6. The van der Waals surface area contributed by atoms with E-state index in [9.17, 15) is 21.0 Å². The summed E-state index contributed by atoms with van der Waals surface area (Å²) >= 11 is 0. The SMILES string of the molecule is [C-]#[N+]c1cc(-n2c3ccccc3c3c4c(ccc32)oc2ccccc24)c(C#N)cc1-c1cc(-n2c3ccccc3c3c4c(ccc32)oc2ccccc24)c([N+]#[C-])cc1C#N.[C-]#[N+]c1ccc(-c2c([N+]#[C-])cc(-n3c4ccccc4c4c5oc6ccccc6c5ccc43)c(C#N)c2C#N)cc1-n1c2ccccc2c2c3oc4ccccc4c3ccc21. The Morgan fingerprint density at radius 3 is 1.10 bits per heavy atom. The van der Waals surface area contributed by atoms with Crippen molar-refractivity contribution in [1.82, 2.24) is 18.3 Å². The number of hydrogen-bond acceptors (Lipinski definition) is 8. The van der Waals surface area contributed by atoms with Crippen LogP contribution in [0.1, 0.15) is 22.3 Å². The number of nitrogens with zero attached hydrogens (tertiary/aromatic N) is 12. The summed E-state index contributed by atoms with van der Waals surface area (Å²) in [5, 5.41) is 59.0. The first-order valence-corrected chi connectivity index (χ1v) is 38.4. The molecule has 0 radical (unpaired) electrons. The second-order valence-electron chi connectivity index (χ2n) is 29.6. The number of para-hydroxylation sites is 8. The molecule has 0 aliphatic carbocycles. The van der Waals surface area contributed by atoms with Gasteiger partial charge in [-0.15, -0.1) is 0 Å². The van der Waals surface area contributed by atoms with Gasteiger partial charge in [-0.2, -0.15) is 21.0 Å². The van der Waals surface area contributed by atoms with Crippen molar-refractivity contribution in [3.8, 4) is 69.3 Å². The monoisotopic (exact) mass is 1530 g/mol. The molecule has 0 aliphatic rings. The van der Waals surface area contributed by atoms with Crippen LogP contribution in [0.4, 0.5) is 22.7 Å². The maximum absolute atomic E-state index is 11.0. The molecule has 0 spiro atoms. The van der Waals surface area contributed by atoms with Crippen LogP contribution in [0.3, 0.4) is 0 Å². The molecular formula is C104H48N12O4. The highest BCUT2D eigenvalue weighted by molar-refractivity contribution is 6.30. The molecule has 0 bridgehead atoms. The van der Waals surface area contributed by atoms with Crippen LogP contribution in [0.15, 0.2) is 309 Å². The summed E-state index contributed by atoms with van der Waals surface area (Å²) in [5.41, 5.74) is 18.6. The van der Waals surface area contributed by atoms with Crippen LogP contribution in [0.25, 0.3) is 239 Å². The Balaban J connectivity index is 0.000000140. The molecule has 0 fully saturated rings. The van der Waals surface area contributed by atoms with E-state index in [1.165, 1.54) is 0 Å². The zero-order valence-corrected chi connectivity index (χ0v) is 62.7. The summed E-state index contributed by atoms with van der Waals surface area (Å²) in [7, 11) is 0. The van der Waals surface area contributed by atoms with Gasteiger partial charge in [0.2, 0.25) is 11.4 Å². The summed E-state index contributed by atoms with van der Waals surface area (Å²) < 4.78 is 33.7. The summed E-state index contributed by atoms with van der Waals surface area (Å²) in [6, 6.07) is 103. The summed E-state index contributed by atoms with van der Waals surface area (Å²) in [6.07, 6.45) is 0. The van der Waals surface area contributed by atoms with Crippen LogP contribution < -0.4 is 0 Å². The fourth-order valence-corrected chi connectivity index (χ4v) is 18.8. The molecule has 24 rings (SSSR count). The summed E-state index contributed by atoms with van der Waals surface area (Å²) in [6.45, 7) is 33.6. The lowest BCUT2D eigenvalue weighted by Gasteiger charge is -2.17. The molecule has 0 unspecified atom stereocenters. The van der Waals surface area contributed by atoms with Crippen molar-refractivity contribution in [2.75, 3.05) is 0 Å². The maximum atomic E-state index is 11.0. The van der Waals surface area contributed by atoms with E-state index in [0.29, 0.717) is 56.3 Å². The van der Waals surface area contributed by atoms with E-state index in [2.05, 4.69) is 96.8 Å². The zero-order chi connectivity index (χ0) is 80.4. The van der Waals surface area contributed by atoms with Crippen molar-refractivity contribution in [2.24, 2.45) is 0 Å².